The highest BCUT2D eigenvalue weighted by atomic mass is 16.6. The number of likely N-dealkylation sites (tertiary alicyclic amines) is 2. The number of ether oxygens (including phenoxy) is 2. The molecular weight excluding hydrogens is 334 g/mol. The van der Waals surface area contributed by atoms with E-state index in [1.165, 1.54) is 6.42 Å². The molecule has 3 aliphatic rings. The summed E-state index contributed by atoms with van der Waals surface area (Å²) in [5.74, 6) is 0.462. The number of urea groups is 1. The third-order valence-electron chi connectivity index (χ3n) is 5.74. The van der Waals surface area contributed by atoms with E-state index in [9.17, 15) is 9.59 Å². The van der Waals surface area contributed by atoms with Gasteiger partial charge in [-0.3, -0.25) is 0 Å². The number of carbonyl (C=O) groups excluding carboxylic acids is 2. The van der Waals surface area contributed by atoms with Crippen LogP contribution in [0.25, 0.3) is 0 Å². The normalized spacial score (nSPS) is 25.1. The van der Waals surface area contributed by atoms with Gasteiger partial charge in [-0.25, -0.2) is 9.59 Å². The van der Waals surface area contributed by atoms with Crippen LogP contribution >= 0.6 is 0 Å². The zero-order chi connectivity index (χ0) is 18.4. The maximum Gasteiger partial charge on any atom is 0.410 e. The third-order valence-corrected chi connectivity index (χ3v) is 5.74. The van der Waals surface area contributed by atoms with Crippen molar-refractivity contribution in [3.05, 3.63) is 12.7 Å². The van der Waals surface area contributed by atoms with Gasteiger partial charge in [0.1, 0.15) is 6.61 Å². The molecule has 0 radical (unpaired) electrons. The summed E-state index contributed by atoms with van der Waals surface area (Å²) in [7, 11) is 0. The molecule has 1 unspecified atom stereocenters. The summed E-state index contributed by atoms with van der Waals surface area (Å²) in [5.41, 5.74) is 0. The average Bonchev–Trinajstić information content (AvgIpc) is 2.72. The van der Waals surface area contributed by atoms with Crippen molar-refractivity contribution < 1.29 is 19.1 Å². The van der Waals surface area contributed by atoms with Gasteiger partial charge in [-0.05, 0) is 38.0 Å². The fourth-order valence-electron chi connectivity index (χ4n) is 4.31. The van der Waals surface area contributed by atoms with Crippen LogP contribution in [0.15, 0.2) is 12.7 Å². The largest absolute Gasteiger partial charge is 0.445 e. The Kier molecular flexibility index (Phi) is 6.77. The van der Waals surface area contributed by atoms with E-state index in [4.69, 9.17) is 9.47 Å². The van der Waals surface area contributed by atoms with Gasteiger partial charge in [0.2, 0.25) is 0 Å². The van der Waals surface area contributed by atoms with Crippen LogP contribution in [0.2, 0.25) is 0 Å². The molecule has 7 nitrogen and oxygen atoms in total. The minimum Gasteiger partial charge on any atom is -0.445 e. The number of carbonyl (C=O) groups is 2. The molecule has 3 saturated heterocycles. The smallest absolute Gasteiger partial charge is 0.410 e. The topological polar surface area (TPSA) is 62.3 Å². The fraction of sp³-hybridized carbons (Fsp3) is 0.789. The molecule has 3 aliphatic heterocycles. The van der Waals surface area contributed by atoms with E-state index in [1.54, 1.807) is 11.0 Å². The lowest BCUT2D eigenvalue weighted by atomic mass is 9.84. The first kappa shape index (κ1) is 19.0. The van der Waals surface area contributed by atoms with E-state index in [2.05, 4.69) is 11.5 Å². The second kappa shape index (κ2) is 9.26. The van der Waals surface area contributed by atoms with Gasteiger partial charge in [0, 0.05) is 38.8 Å². The monoisotopic (exact) mass is 365 g/mol. The number of amides is 3. The second-order valence-corrected chi connectivity index (χ2v) is 7.33. The standard InChI is InChI=1S/C19H31N3O4/c1-2-13-26-19(24)21-9-6-16(7-10-21)17-5-3-4-8-22(17)18(23)20-11-14-25-15-12-20/h2,16-17H,1,3-15H2. The number of morpholine rings is 1. The van der Waals surface area contributed by atoms with Gasteiger partial charge in [-0.15, -0.1) is 0 Å². The van der Waals surface area contributed by atoms with Gasteiger partial charge in [0.25, 0.3) is 0 Å². The van der Waals surface area contributed by atoms with E-state index in [-0.39, 0.29) is 18.7 Å². The molecule has 0 N–H and O–H groups in total. The summed E-state index contributed by atoms with van der Waals surface area (Å²) in [4.78, 5) is 30.8. The van der Waals surface area contributed by atoms with Gasteiger partial charge in [-0.2, -0.15) is 0 Å². The number of rotatable bonds is 3. The molecule has 26 heavy (non-hydrogen) atoms. The quantitative estimate of drug-likeness (QED) is 0.720. The predicted molar refractivity (Wildman–Crippen MR) is 98.0 cm³/mol. The van der Waals surface area contributed by atoms with Crippen molar-refractivity contribution in [1.29, 1.82) is 0 Å². The Balaban J connectivity index is 1.56. The van der Waals surface area contributed by atoms with Crippen molar-refractivity contribution in [3.63, 3.8) is 0 Å². The molecule has 146 valence electrons. The van der Waals surface area contributed by atoms with E-state index < -0.39 is 0 Å². The Hall–Kier alpha value is -1.76. The van der Waals surface area contributed by atoms with Crippen LogP contribution in [0.5, 0.6) is 0 Å². The molecule has 0 bridgehead atoms. The van der Waals surface area contributed by atoms with Crippen LogP contribution in [0.4, 0.5) is 9.59 Å². The molecule has 3 heterocycles. The van der Waals surface area contributed by atoms with Crippen molar-refractivity contribution >= 4 is 12.1 Å². The molecule has 0 saturated carbocycles. The van der Waals surface area contributed by atoms with Crippen molar-refractivity contribution in [1.82, 2.24) is 14.7 Å². The molecule has 3 fully saturated rings. The highest BCUT2D eigenvalue weighted by Gasteiger charge is 2.37. The van der Waals surface area contributed by atoms with Crippen molar-refractivity contribution in [2.45, 2.75) is 38.1 Å². The van der Waals surface area contributed by atoms with Crippen LogP contribution in [-0.4, -0.2) is 85.4 Å². The van der Waals surface area contributed by atoms with Crippen molar-refractivity contribution in [2.24, 2.45) is 5.92 Å². The summed E-state index contributed by atoms with van der Waals surface area (Å²) >= 11 is 0. The van der Waals surface area contributed by atoms with Crippen LogP contribution < -0.4 is 0 Å². The highest BCUT2D eigenvalue weighted by Crippen LogP contribution is 2.31. The van der Waals surface area contributed by atoms with Crippen molar-refractivity contribution in [2.75, 3.05) is 52.5 Å². The number of hydrogen-bond donors (Lipinski definition) is 0. The first-order valence-electron chi connectivity index (χ1n) is 9.86. The zero-order valence-electron chi connectivity index (χ0n) is 15.6. The molecule has 7 heteroatoms. The predicted octanol–water partition coefficient (Wildman–Crippen LogP) is 2.33. The van der Waals surface area contributed by atoms with E-state index in [0.29, 0.717) is 51.4 Å². The highest BCUT2D eigenvalue weighted by molar-refractivity contribution is 5.75. The fourth-order valence-corrected chi connectivity index (χ4v) is 4.31. The maximum atomic E-state index is 13.0. The van der Waals surface area contributed by atoms with E-state index in [0.717, 1.165) is 32.2 Å². The summed E-state index contributed by atoms with van der Waals surface area (Å²) in [6, 6.07) is 0.469. The average molecular weight is 365 g/mol. The van der Waals surface area contributed by atoms with Crippen LogP contribution in [0.1, 0.15) is 32.1 Å². The molecule has 3 rings (SSSR count). The lowest BCUT2D eigenvalue weighted by Crippen LogP contribution is -2.56. The molecule has 0 spiro atoms. The van der Waals surface area contributed by atoms with Crippen LogP contribution in [0.3, 0.4) is 0 Å². The molecule has 1 atom stereocenters. The van der Waals surface area contributed by atoms with Crippen LogP contribution in [0, 0.1) is 5.92 Å². The summed E-state index contributed by atoms with van der Waals surface area (Å²) < 4.78 is 10.5. The Labute approximate surface area is 155 Å². The van der Waals surface area contributed by atoms with Gasteiger partial charge in [0.15, 0.2) is 0 Å². The third kappa shape index (κ3) is 4.50. The molecule has 3 amide bonds. The summed E-state index contributed by atoms with van der Waals surface area (Å²) in [6.07, 6.45) is 6.52. The van der Waals surface area contributed by atoms with Gasteiger partial charge < -0.3 is 24.2 Å². The summed E-state index contributed by atoms with van der Waals surface area (Å²) in [5, 5.41) is 0. The van der Waals surface area contributed by atoms with E-state index in [1.807, 2.05) is 4.90 Å². The van der Waals surface area contributed by atoms with Crippen LogP contribution in [-0.2, 0) is 9.47 Å². The first-order valence-corrected chi connectivity index (χ1v) is 9.86. The maximum absolute atomic E-state index is 13.0. The zero-order valence-corrected chi connectivity index (χ0v) is 15.6. The second-order valence-electron chi connectivity index (χ2n) is 7.33. The molecular formula is C19H31N3O4. The Morgan fingerprint density at radius 2 is 1.73 bits per heavy atom. The Morgan fingerprint density at radius 1 is 1.00 bits per heavy atom. The number of piperidine rings is 2. The molecule has 0 aromatic carbocycles. The molecule has 0 aliphatic carbocycles. The summed E-state index contributed by atoms with van der Waals surface area (Å²) in [6.45, 7) is 8.73. The minimum absolute atomic E-state index is 0.172. The number of nitrogens with zero attached hydrogens (tertiary/aromatic N) is 3. The number of hydrogen-bond acceptors (Lipinski definition) is 4. The van der Waals surface area contributed by atoms with Gasteiger partial charge in [0.05, 0.1) is 13.2 Å². The molecule has 0 aromatic heterocycles. The van der Waals surface area contributed by atoms with Gasteiger partial charge in [-0.1, -0.05) is 12.7 Å². The Bertz CT molecular complexity index is 499. The lowest BCUT2D eigenvalue weighted by Gasteiger charge is -2.45. The first-order chi connectivity index (χ1) is 12.7. The molecule has 0 aromatic rings. The SMILES string of the molecule is C=CCOC(=O)N1CCC(C2CCCCN2C(=O)N2CCOCC2)CC1. The van der Waals surface area contributed by atoms with Gasteiger partial charge >= 0.3 is 12.1 Å². The minimum atomic E-state index is -0.256. The Morgan fingerprint density at radius 3 is 2.42 bits per heavy atom. The van der Waals surface area contributed by atoms with E-state index >= 15 is 0 Å². The van der Waals surface area contributed by atoms with Crippen molar-refractivity contribution in [3.8, 4) is 0 Å². The lowest BCUT2D eigenvalue weighted by molar-refractivity contribution is 0.0233.